The molecule has 0 spiro atoms. The standard InChI is InChI=1S/C28H35N5O4/c1-16(34)18-3-11-26(30-15-18)33-21-6-7-22(33)14-20(13-21)32-28(37)17-2-10-24(27(29)36)25(12-17)31-19-4-8-23(35)9-5-19/h2-3,10-12,15,19-23,31,35H,4-9,13-14H2,1H3,(H2,29,36)(H,32,37). The maximum absolute atomic E-state index is 13.2. The molecule has 2 bridgehead atoms. The van der Waals surface area contributed by atoms with E-state index in [9.17, 15) is 19.5 Å². The number of nitrogens with two attached hydrogens (primary N) is 1. The van der Waals surface area contributed by atoms with Gasteiger partial charge in [-0.3, -0.25) is 14.4 Å². The number of amides is 2. The molecule has 9 nitrogen and oxygen atoms in total. The number of carbonyl (C=O) groups is 3. The number of Topliss-reactive ketones (excluding diaryl/α,β-unsaturated/α-hetero) is 1. The van der Waals surface area contributed by atoms with Crippen LogP contribution < -0.4 is 21.3 Å². The van der Waals surface area contributed by atoms with E-state index < -0.39 is 5.91 Å². The van der Waals surface area contributed by atoms with E-state index >= 15 is 0 Å². The number of carbonyl (C=O) groups excluding carboxylic acids is 3. The number of primary amides is 1. The number of fused-ring (bicyclic) bond motifs is 2. The van der Waals surface area contributed by atoms with Gasteiger partial charge in [-0.25, -0.2) is 4.98 Å². The molecule has 2 aliphatic heterocycles. The third-order valence-corrected chi connectivity index (χ3v) is 8.09. The summed E-state index contributed by atoms with van der Waals surface area (Å²) < 4.78 is 0. The number of piperidine rings is 1. The first kappa shape index (κ1) is 25.2. The predicted molar refractivity (Wildman–Crippen MR) is 141 cm³/mol. The van der Waals surface area contributed by atoms with Crippen molar-refractivity contribution in [3.8, 4) is 0 Å². The average Bonchev–Trinajstić information content (AvgIpc) is 3.15. The Labute approximate surface area is 216 Å². The van der Waals surface area contributed by atoms with Crippen molar-refractivity contribution in [2.24, 2.45) is 5.73 Å². The molecule has 5 N–H and O–H groups in total. The Bertz CT molecular complexity index is 1160. The van der Waals surface area contributed by atoms with Crippen LogP contribution in [0.2, 0.25) is 0 Å². The molecule has 5 rings (SSSR count). The number of nitrogens with one attached hydrogen (secondary N) is 2. The molecular formula is C28H35N5O4. The number of ketones is 1. The van der Waals surface area contributed by atoms with Crippen molar-refractivity contribution in [3.05, 3.63) is 53.2 Å². The SMILES string of the molecule is CC(=O)c1ccc(N2C3CCC2CC(NC(=O)c2ccc(C(N)=O)c(NC4CCC(O)CC4)c2)C3)nc1. The Hall–Kier alpha value is -3.46. The molecule has 196 valence electrons. The van der Waals surface area contributed by atoms with Crippen molar-refractivity contribution in [1.82, 2.24) is 10.3 Å². The van der Waals surface area contributed by atoms with Crippen LogP contribution in [0.25, 0.3) is 0 Å². The molecule has 2 amide bonds. The zero-order chi connectivity index (χ0) is 26.1. The van der Waals surface area contributed by atoms with Gasteiger partial charge in [-0.1, -0.05) is 0 Å². The first-order valence-corrected chi connectivity index (χ1v) is 13.2. The Morgan fingerprint density at radius 1 is 0.946 bits per heavy atom. The van der Waals surface area contributed by atoms with Crippen LogP contribution in [0.4, 0.5) is 11.5 Å². The summed E-state index contributed by atoms with van der Waals surface area (Å²) in [5, 5.41) is 16.4. The number of nitrogens with zero attached hydrogens (tertiary/aromatic N) is 2. The van der Waals surface area contributed by atoms with Gasteiger partial charge in [-0.2, -0.15) is 0 Å². The second kappa shape index (κ2) is 10.5. The van der Waals surface area contributed by atoms with E-state index in [1.807, 2.05) is 12.1 Å². The topological polar surface area (TPSA) is 138 Å². The Morgan fingerprint density at radius 3 is 2.22 bits per heavy atom. The summed E-state index contributed by atoms with van der Waals surface area (Å²) in [4.78, 5) is 43.7. The number of benzene rings is 1. The van der Waals surface area contributed by atoms with Crippen LogP contribution in [-0.4, -0.2) is 58.0 Å². The molecule has 3 aliphatic rings. The lowest BCUT2D eigenvalue weighted by Crippen LogP contribution is -2.50. The van der Waals surface area contributed by atoms with Crippen LogP contribution in [0, 0.1) is 0 Å². The summed E-state index contributed by atoms with van der Waals surface area (Å²) in [6.07, 6.45) is 8.12. The smallest absolute Gasteiger partial charge is 0.251 e. The summed E-state index contributed by atoms with van der Waals surface area (Å²) >= 11 is 0. The van der Waals surface area contributed by atoms with Crippen molar-refractivity contribution in [1.29, 1.82) is 0 Å². The van der Waals surface area contributed by atoms with Gasteiger partial charge in [-0.15, -0.1) is 0 Å². The Balaban J connectivity index is 1.25. The molecular weight excluding hydrogens is 470 g/mol. The number of aromatic nitrogens is 1. The fourth-order valence-electron chi connectivity index (χ4n) is 6.14. The molecule has 9 heteroatoms. The maximum Gasteiger partial charge on any atom is 0.251 e. The molecule has 2 atom stereocenters. The second-order valence-corrected chi connectivity index (χ2v) is 10.7. The van der Waals surface area contributed by atoms with Gasteiger partial charge in [0, 0.05) is 47.2 Å². The highest BCUT2D eigenvalue weighted by Crippen LogP contribution is 2.38. The molecule has 3 heterocycles. The molecule has 37 heavy (non-hydrogen) atoms. The Kier molecular flexibility index (Phi) is 7.15. The first-order valence-electron chi connectivity index (χ1n) is 13.2. The van der Waals surface area contributed by atoms with Gasteiger partial charge >= 0.3 is 0 Å². The highest BCUT2D eigenvalue weighted by molar-refractivity contribution is 6.02. The van der Waals surface area contributed by atoms with Crippen molar-refractivity contribution in [2.45, 2.75) is 88.6 Å². The minimum atomic E-state index is -0.542. The van der Waals surface area contributed by atoms with Crippen molar-refractivity contribution >= 4 is 29.1 Å². The second-order valence-electron chi connectivity index (χ2n) is 10.7. The normalized spacial score (nSPS) is 27.0. The number of hydrogen-bond acceptors (Lipinski definition) is 7. The lowest BCUT2D eigenvalue weighted by Gasteiger charge is -2.40. The fraction of sp³-hybridized carbons (Fsp3) is 0.500. The number of pyridine rings is 1. The summed E-state index contributed by atoms with van der Waals surface area (Å²) in [7, 11) is 0. The summed E-state index contributed by atoms with van der Waals surface area (Å²) in [6.45, 7) is 1.54. The van der Waals surface area contributed by atoms with Crippen LogP contribution in [0.5, 0.6) is 0 Å². The predicted octanol–water partition coefficient (Wildman–Crippen LogP) is 3.03. The van der Waals surface area contributed by atoms with E-state index in [0.29, 0.717) is 35.2 Å². The molecule has 2 unspecified atom stereocenters. The third-order valence-electron chi connectivity index (χ3n) is 8.09. The van der Waals surface area contributed by atoms with E-state index in [2.05, 4.69) is 20.5 Å². The first-order chi connectivity index (χ1) is 17.8. The number of aliphatic hydroxyl groups is 1. The highest BCUT2D eigenvalue weighted by atomic mass is 16.3. The van der Waals surface area contributed by atoms with Crippen molar-refractivity contribution < 1.29 is 19.5 Å². The lowest BCUT2D eigenvalue weighted by atomic mass is 9.92. The molecule has 3 fully saturated rings. The highest BCUT2D eigenvalue weighted by Gasteiger charge is 2.41. The monoisotopic (exact) mass is 505 g/mol. The van der Waals surface area contributed by atoms with Gasteiger partial charge < -0.3 is 26.4 Å². The van der Waals surface area contributed by atoms with E-state index in [0.717, 1.165) is 44.3 Å². The largest absolute Gasteiger partial charge is 0.393 e. The van der Waals surface area contributed by atoms with Gasteiger partial charge in [0.15, 0.2) is 5.78 Å². The summed E-state index contributed by atoms with van der Waals surface area (Å²) in [5.41, 5.74) is 7.61. The number of aliphatic hydroxyl groups excluding tert-OH is 1. The third kappa shape index (κ3) is 5.46. The van der Waals surface area contributed by atoms with E-state index in [4.69, 9.17) is 5.73 Å². The Morgan fingerprint density at radius 2 is 1.62 bits per heavy atom. The van der Waals surface area contributed by atoms with Crippen LogP contribution in [-0.2, 0) is 0 Å². The molecule has 2 saturated heterocycles. The number of anilines is 2. The van der Waals surface area contributed by atoms with Crippen LogP contribution >= 0.6 is 0 Å². The molecule has 1 saturated carbocycles. The van der Waals surface area contributed by atoms with Gasteiger partial charge in [0.05, 0.1) is 11.7 Å². The fourth-order valence-corrected chi connectivity index (χ4v) is 6.14. The van der Waals surface area contributed by atoms with Crippen molar-refractivity contribution in [3.63, 3.8) is 0 Å². The van der Waals surface area contributed by atoms with E-state index in [1.165, 1.54) is 6.92 Å². The van der Waals surface area contributed by atoms with Gasteiger partial charge in [0.1, 0.15) is 5.82 Å². The molecule has 1 aromatic carbocycles. The number of hydrogen-bond donors (Lipinski definition) is 4. The average molecular weight is 506 g/mol. The van der Waals surface area contributed by atoms with Crippen LogP contribution in [0.15, 0.2) is 36.5 Å². The number of rotatable bonds is 7. The molecule has 1 aromatic heterocycles. The quantitative estimate of drug-likeness (QED) is 0.425. The van der Waals surface area contributed by atoms with E-state index in [-0.39, 0.29) is 42.0 Å². The minimum absolute atomic E-state index is 0.00296. The van der Waals surface area contributed by atoms with E-state index in [1.54, 1.807) is 24.4 Å². The van der Waals surface area contributed by atoms with Gasteiger partial charge in [0.2, 0.25) is 0 Å². The van der Waals surface area contributed by atoms with Crippen molar-refractivity contribution in [2.75, 3.05) is 10.2 Å². The van der Waals surface area contributed by atoms with Crippen LogP contribution in [0.3, 0.4) is 0 Å². The lowest BCUT2D eigenvalue weighted by molar-refractivity contribution is 0.0924. The van der Waals surface area contributed by atoms with Gasteiger partial charge in [-0.05, 0) is 88.6 Å². The molecule has 0 radical (unpaired) electrons. The summed E-state index contributed by atoms with van der Waals surface area (Å²) in [6, 6.07) is 9.46. The zero-order valence-corrected chi connectivity index (χ0v) is 21.2. The molecule has 2 aromatic rings. The maximum atomic E-state index is 13.2. The van der Waals surface area contributed by atoms with Crippen LogP contribution in [0.1, 0.15) is 89.4 Å². The zero-order valence-electron chi connectivity index (χ0n) is 21.2. The summed E-state index contributed by atoms with van der Waals surface area (Å²) in [5.74, 6) is 0.178. The minimum Gasteiger partial charge on any atom is -0.393 e. The van der Waals surface area contributed by atoms with Gasteiger partial charge in [0.25, 0.3) is 11.8 Å². The molecule has 1 aliphatic carbocycles.